The van der Waals surface area contributed by atoms with Crippen LogP contribution < -0.4 is 5.32 Å². The van der Waals surface area contributed by atoms with Crippen molar-refractivity contribution in [3.05, 3.63) is 0 Å². The van der Waals surface area contributed by atoms with Gasteiger partial charge in [0.15, 0.2) is 0 Å². The number of amides is 2. The van der Waals surface area contributed by atoms with Crippen LogP contribution in [0.3, 0.4) is 0 Å². The topological polar surface area (TPSA) is 58.6 Å². The second-order valence-corrected chi connectivity index (χ2v) is 6.46. The van der Waals surface area contributed by atoms with Gasteiger partial charge in [0.05, 0.1) is 12.7 Å². The van der Waals surface area contributed by atoms with E-state index in [0.29, 0.717) is 32.0 Å². The fourth-order valence-electron chi connectivity index (χ4n) is 3.31. The number of hydrogen-bond donors (Lipinski definition) is 1. The van der Waals surface area contributed by atoms with Crippen molar-refractivity contribution in [2.45, 2.75) is 64.5 Å². The SMILES string of the molecule is CC1CN(C(=O)C(C)NC(=O)CC2CCCCC2)CCO1. The van der Waals surface area contributed by atoms with Crippen molar-refractivity contribution in [2.75, 3.05) is 19.7 Å². The maximum atomic E-state index is 12.3. The van der Waals surface area contributed by atoms with Crippen molar-refractivity contribution < 1.29 is 14.3 Å². The Hall–Kier alpha value is -1.10. The molecule has 1 heterocycles. The van der Waals surface area contributed by atoms with E-state index in [2.05, 4.69) is 5.32 Å². The van der Waals surface area contributed by atoms with Gasteiger partial charge in [0.25, 0.3) is 0 Å². The van der Waals surface area contributed by atoms with Crippen LogP contribution in [0.2, 0.25) is 0 Å². The van der Waals surface area contributed by atoms with Gasteiger partial charge in [0.2, 0.25) is 11.8 Å². The number of carbonyl (C=O) groups is 2. The van der Waals surface area contributed by atoms with Crippen molar-refractivity contribution in [2.24, 2.45) is 5.92 Å². The number of nitrogens with one attached hydrogen (secondary N) is 1. The minimum absolute atomic E-state index is 0.00199. The third-order valence-electron chi connectivity index (χ3n) is 4.50. The molecule has 2 atom stereocenters. The zero-order valence-corrected chi connectivity index (χ0v) is 13.3. The molecule has 21 heavy (non-hydrogen) atoms. The highest BCUT2D eigenvalue weighted by molar-refractivity contribution is 5.87. The number of hydrogen-bond acceptors (Lipinski definition) is 3. The lowest BCUT2D eigenvalue weighted by Crippen LogP contribution is -2.52. The molecule has 2 unspecified atom stereocenters. The lowest BCUT2D eigenvalue weighted by Gasteiger charge is -2.33. The molecule has 0 radical (unpaired) electrons. The summed E-state index contributed by atoms with van der Waals surface area (Å²) in [5, 5.41) is 2.87. The Morgan fingerprint density at radius 1 is 1.29 bits per heavy atom. The highest BCUT2D eigenvalue weighted by Crippen LogP contribution is 2.26. The second kappa shape index (κ2) is 7.78. The normalized spacial score (nSPS) is 25.4. The first-order valence-corrected chi connectivity index (χ1v) is 8.26. The summed E-state index contributed by atoms with van der Waals surface area (Å²) in [5.41, 5.74) is 0. The van der Waals surface area contributed by atoms with E-state index in [4.69, 9.17) is 4.74 Å². The van der Waals surface area contributed by atoms with Gasteiger partial charge in [-0.1, -0.05) is 19.3 Å². The fraction of sp³-hybridized carbons (Fsp3) is 0.875. The first-order valence-electron chi connectivity index (χ1n) is 8.26. The van der Waals surface area contributed by atoms with Crippen LogP contribution >= 0.6 is 0 Å². The maximum Gasteiger partial charge on any atom is 0.245 e. The molecule has 120 valence electrons. The van der Waals surface area contributed by atoms with Gasteiger partial charge in [-0.25, -0.2) is 0 Å². The summed E-state index contributed by atoms with van der Waals surface area (Å²) in [6.07, 6.45) is 6.70. The molecular formula is C16H28N2O3. The quantitative estimate of drug-likeness (QED) is 0.859. The molecule has 2 aliphatic rings. The molecule has 0 aromatic rings. The minimum atomic E-state index is -0.439. The Morgan fingerprint density at radius 2 is 2.00 bits per heavy atom. The second-order valence-electron chi connectivity index (χ2n) is 6.46. The minimum Gasteiger partial charge on any atom is -0.375 e. The average molecular weight is 296 g/mol. The Bertz CT molecular complexity index is 367. The van der Waals surface area contributed by atoms with Crippen LogP contribution in [-0.4, -0.2) is 48.6 Å². The lowest BCUT2D eigenvalue weighted by atomic mass is 9.87. The largest absolute Gasteiger partial charge is 0.375 e. The van der Waals surface area contributed by atoms with Crippen molar-refractivity contribution in [1.29, 1.82) is 0 Å². The molecule has 5 nitrogen and oxygen atoms in total. The molecule has 0 aromatic carbocycles. The van der Waals surface area contributed by atoms with Crippen LogP contribution in [0.25, 0.3) is 0 Å². The first kappa shape index (κ1) is 16.3. The van der Waals surface area contributed by atoms with E-state index in [1.807, 2.05) is 6.92 Å². The number of rotatable bonds is 4. The van der Waals surface area contributed by atoms with E-state index in [1.165, 1.54) is 19.3 Å². The van der Waals surface area contributed by atoms with Crippen LogP contribution in [0.4, 0.5) is 0 Å². The Balaban J connectivity index is 1.75. The van der Waals surface area contributed by atoms with Crippen LogP contribution in [0.5, 0.6) is 0 Å². The van der Waals surface area contributed by atoms with E-state index in [0.717, 1.165) is 12.8 Å². The summed E-state index contributed by atoms with van der Waals surface area (Å²) < 4.78 is 5.44. The molecule has 0 aromatic heterocycles. The predicted octanol–water partition coefficient (Wildman–Crippen LogP) is 1.71. The van der Waals surface area contributed by atoms with E-state index in [-0.39, 0.29) is 17.9 Å². The number of nitrogens with zero attached hydrogens (tertiary/aromatic N) is 1. The molecule has 0 bridgehead atoms. The summed E-state index contributed by atoms with van der Waals surface area (Å²) in [6.45, 7) is 5.55. The van der Waals surface area contributed by atoms with Gasteiger partial charge in [-0.2, -0.15) is 0 Å². The number of morpholine rings is 1. The molecule has 1 saturated carbocycles. The zero-order chi connectivity index (χ0) is 15.2. The van der Waals surface area contributed by atoms with Gasteiger partial charge in [-0.15, -0.1) is 0 Å². The van der Waals surface area contributed by atoms with Crippen LogP contribution in [0.15, 0.2) is 0 Å². The zero-order valence-electron chi connectivity index (χ0n) is 13.3. The predicted molar refractivity (Wildman–Crippen MR) is 80.8 cm³/mol. The molecule has 1 saturated heterocycles. The standard InChI is InChI=1S/C16H28N2O3/c1-12-11-18(8-9-21-12)16(20)13(2)17-15(19)10-14-6-4-3-5-7-14/h12-14H,3-11H2,1-2H3,(H,17,19). The Labute approximate surface area is 127 Å². The van der Waals surface area contributed by atoms with Gasteiger partial charge in [-0.05, 0) is 32.6 Å². The smallest absolute Gasteiger partial charge is 0.245 e. The summed E-state index contributed by atoms with van der Waals surface area (Å²) in [6, 6.07) is -0.439. The molecule has 5 heteroatoms. The van der Waals surface area contributed by atoms with E-state index in [1.54, 1.807) is 11.8 Å². The molecule has 2 fully saturated rings. The van der Waals surface area contributed by atoms with Crippen LogP contribution in [0.1, 0.15) is 52.4 Å². The first-order chi connectivity index (χ1) is 10.1. The maximum absolute atomic E-state index is 12.3. The monoisotopic (exact) mass is 296 g/mol. The van der Waals surface area contributed by atoms with Crippen molar-refractivity contribution in [3.63, 3.8) is 0 Å². The number of ether oxygens (including phenoxy) is 1. The lowest BCUT2D eigenvalue weighted by molar-refractivity contribution is -0.142. The molecular weight excluding hydrogens is 268 g/mol. The molecule has 2 amide bonds. The molecule has 1 N–H and O–H groups in total. The fourth-order valence-corrected chi connectivity index (χ4v) is 3.31. The van der Waals surface area contributed by atoms with Crippen molar-refractivity contribution in [3.8, 4) is 0 Å². The molecule has 1 aliphatic carbocycles. The van der Waals surface area contributed by atoms with Gasteiger partial charge in [-0.3, -0.25) is 9.59 Å². The van der Waals surface area contributed by atoms with Gasteiger partial charge in [0.1, 0.15) is 6.04 Å². The molecule has 2 rings (SSSR count). The van der Waals surface area contributed by atoms with Gasteiger partial charge < -0.3 is 15.0 Å². The van der Waals surface area contributed by atoms with E-state index in [9.17, 15) is 9.59 Å². The summed E-state index contributed by atoms with van der Waals surface area (Å²) in [5.74, 6) is 0.524. The van der Waals surface area contributed by atoms with Gasteiger partial charge >= 0.3 is 0 Å². The van der Waals surface area contributed by atoms with Crippen molar-refractivity contribution in [1.82, 2.24) is 10.2 Å². The third-order valence-corrected chi connectivity index (χ3v) is 4.50. The molecule has 1 aliphatic heterocycles. The summed E-state index contributed by atoms with van der Waals surface area (Å²) in [4.78, 5) is 26.2. The van der Waals surface area contributed by atoms with E-state index < -0.39 is 6.04 Å². The van der Waals surface area contributed by atoms with Gasteiger partial charge in [0, 0.05) is 19.5 Å². The molecule has 0 spiro atoms. The Morgan fingerprint density at radius 3 is 2.67 bits per heavy atom. The highest BCUT2D eigenvalue weighted by Gasteiger charge is 2.27. The van der Waals surface area contributed by atoms with Crippen LogP contribution in [0, 0.1) is 5.92 Å². The average Bonchev–Trinajstić information content (AvgIpc) is 2.47. The van der Waals surface area contributed by atoms with Crippen LogP contribution in [-0.2, 0) is 14.3 Å². The third kappa shape index (κ3) is 4.99. The van der Waals surface area contributed by atoms with Crippen molar-refractivity contribution >= 4 is 11.8 Å². The summed E-state index contributed by atoms with van der Waals surface area (Å²) >= 11 is 0. The Kier molecular flexibility index (Phi) is 6.03. The highest BCUT2D eigenvalue weighted by atomic mass is 16.5. The number of carbonyl (C=O) groups excluding carboxylic acids is 2. The van der Waals surface area contributed by atoms with E-state index >= 15 is 0 Å². The summed E-state index contributed by atoms with van der Waals surface area (Å²) in [7, 11) is 0.